The fraction of sp³-hybridized carbons (Fsp3) is 0.200. The molecule has 1 N–H and O–H groups in total. The van der Waals surface area contributed by atoms with Crippen LogP contribution in [0.4, 0.5) is 0 Å². The van der Waals surface area contributed by atoms with E-state index in [0.29, 0.717) is 4.77 Å². The van der Waals surface area contributed by atoms with Crippen LogP contribution in [0.3, 0.4) is 0 Å². The summed E-state index contributed by atoms with van der Waals surface area (Å²) in [5.41, 5.74) is 1.06. The van der Waals surface area contributed by atoms with Crippen molar-refractivity contribution in [1.29, 1.82) is 0 Å². The van der Waals surface area contributed by atoms with E-state index in [4.69, 9.17) is 12.2 Å². The highest BCUT2D eigenvalue weighted by atomic mass is 32.2. The van der Waals surface area contributed by atoms with Gasteiger partial charge in [0.1, 0.15) is 0 Å². The minimum absolute atomic E-state index is 0.568. The van der Waals surface area contributed by atoms with Crippen LogP contribution in [0, 0.1) is 4.77 Å². The third-order valence-corrected chi connectivity index (χ3v) is 3.24. The lowest BCUT2D eigenvalue weighted by Gasteiger charge is -1.98. The molecule has 0 atom stereocenters. The van der Waals surface area contributed by atoms with Crippen molar-refractivity contribution in [2.24, 2.45) is 7.05 Å². The van der Waals surface area contributed by atoms with Crippen molar-refractivity contribution in [3.05, 3.63) is 29.0 Å². The molecule has 2 rings (SSSR count). The first kappa shape index (κ1) is 10.4. The van der Waals surface area contributed by atoms with Gasteiger partial charge in [-0.15, -0.1) is 11.8 Å². The molecular weight excluding hydrogens is 226 g/mol. The van der Waals surface area contributed by atoms with Gasteiger partial charge in [-0.2, -0.15) is 4.98 Å². The van der Waals surface area contributed by atoms with Crippen LogP contribution in [-0.4, -0.2) is 21.0 Å². The van der Waals surface area contributed by atoms with Gasteiger partial charge in [0.2, 0.25) is 4.77 Å². The molecular formula is C10H11N3S2. The van der Waals surface area contributed by atoms with Crippen molar-refractivity contribution in [3.63, 3.8) is 0 Å². The van der Waals surface area contributed by atoms with Crippen LogP contribution in [0.5, 0.6) is 0 Å². The first-order chi connectivity index (χ1) is 7.20. The molecule has 0 saturated heterocycles. The Morgan fingerprint density at radius 2 is 2.00 bits per heavy atom. The molecule has 0 aliphatic heterocycles. The first-order valence-electron chi connectivity index (χ1n) is 4.48. The Labute approximate surface area is 97.5 Å². The summed E-state index contributed by atoms with van der Waals surface area (Å²) < 4.78 is 2.30. The van der Waals surface area contributed by atoms with E-state index >= 15 is 0 Å². The number of thioether (sulfide) groups is 1. The summed E-state index contributed by atoms with van der Waals surface area (Å²) in [6.07, 6.45) is 2.06. The largest absolute Gasteiger partial charge is 0.279 e. The van der Waals surface area contributed by atoms with Gasteiger partial charge in [0.25, 0.3) is 0 Å². The van der Waals surface area contributed by atoms with Gasteiger partial charge in [0.15, 0.2) is 5.82 Å². The van der Waals surface area contributed by atoms with Gasteiger partial charge in [-0.1, -0.05) is 12.1 Å². The number of hydrogen-bond donors (Lipinski definition) is 1. The number of benzene rings is 1. The number of aryl methyl sites for hydroxylation is 1. The fourth-order valence-corrected chi connectivity index (χ4v) is 1.83. The standard InChI is InChI=1S/C10H11N3S2/c1-13-10(14)11-9(12-13)7-3-5-8(15-2)6-4-7/h3-6H,1-2H3,(H,11,12,14). The zero-order valence-electron chi connectivity index (χ0n) is 8.52. The third kappa shape index (κ3) is 2.13. The number of nitrogens with zero attached hydrogens (tertiary/aromatic N) is 2. The molecule has 78 valence electrons. The number of hydrogen-bond acceptors (Lipinski definition) is 3. The molecule has 3 nitrogen and oxygen atoms in total. The molecule has 1 heterocycles. The predicted molar refractivity (Wildman–Crippen MR) is 65.6 cm³/mol. The molecule has 1 aromatic carbocycles. The average molecular weight is 237 g/mol. The van der Waals surface area contributed by atoms with E-state index < -0.39 is 0 Å². The Balaban J connectivity index is 2.41. The molecule has 0 aliphatic rings. The summed E-state index contributed by atoms with van der Waals surface area (Å²) in [5.74, 6) is 0.815. The van der Waals surface area contributed by atoms with E-state index in [1.165, 1.54) is 4.90 Å². The van der Waals surface area contributed by atoms with E-state index in [2.05, 4.69) is 28.5 Å². The molecule has 2 aromatic rings. The topological polar surface area (TPSA) is 33.6 Å². The van der Waals surface area contributed by atoms with E-state index in [0.717, 1.165) is 11.4 Å². The number of nitrogens with one attached hydrogen (secondary N) is 1. The number of rotatable bonds is 2. The number of aromatic nitrogens is 3. The maximum absolute atomic E-state index is 5.04. The summed E-state index contributed by atoms with van der Waals surface area (Å²) >= 11 is 6.76. The Morgan fingerprint density at radius 1 is 1.33 bits per heavy atom. The molecule has 0 unspecified atom stereocenters. The van der Waals surface area contributed by atoms with Crippen LogP contribution in [0.15, 0.2) is 29.2 Å². The summed E-state index contributed by atoms with van der Waals surface area (Å²) in [6, 6.07) is 8.23. The molecule has 15 heavy (non-hydrogen) atoms. The second-order valence-corrected chi connectivity index (χ2v) is 4.39. The second-order valence-electron chi connectivity index (χ2n) is 3.14. The molecule has 0 amide bonds. The molecule has 0 fully saturated rings. The quantitative estimate of drug-likeness (QED) is 0.644. The van der Waals surface area contributed by atoms with E-state index in [-0.39, 0.29) is 0 Å². The van der Waals surface area contributed by atoms with E-state index in [1.54, 1.807) is 16.4 Å². The van der Waals surface area contributed by atoms with Crippen LogP contribution in [-0.2, 0) is 7.05 Å². The smallest absolute Gasteiger partial charge is 0.216 e. The van der Waals surface area contributed by atoms with Gasteiger partial charge >= 0.3 is 0 Å². The SMILES string of the molecule is CSc1ccc(-c2nc(=S)n(C)[nH]2)cc1. The number of aromatic amines is 1. The lowest BCUT2D eigenvalue weighted by Crippen LogP contribution is -1.89. The van der Waals surface area contributed by atoms with Crippen molar-refractivity contribution in [2.45, 2.75) is 4.90 Å². The number of H-pyrrole nitrogens is 1. The van der Waals surface area contributed by atoms with Crippen molar-refractivity contribution in [1.82, 2.24) is 14.8 Å². The monoisotopic (exact) mass is 237 g/mol. The summed E-state index contributed by atoms with van der Waals surface area (Å²) in [5, 5.41) is 3.09. The molecule has 0 aliphatic carbocycles. The molecule has 0 bridgehead atoms. The van der Waals surface area contributed by atoms with Crippen LogP contribution < -0.4 is 0 Å². The summed E-state index contributed by atoms with van der Waals surface area (Å²) in [4.78, 5) is 5.50. The van der Waals surface area contributed by atoms with Crippen LogP contribution in [0.2, 0.25) is 0 Å². The van der Waals surface area contributed by atoms with E-state index in [9.17, 15) is 0 Å². The maximum Gasteiger partial charge on any atom is 0.216 e. The Hall–Kier alpha value is -1.07. The molecule has 0 spiro atoms. The zero-order valence-corrected chi connectivity index (χ0v) is 10.2. The van der Waals surface area contributed by atoms with Crippen molar-refractivity contribution in [2.75, 3.05) is 6.26 Å². The Kier molecular flexibility index (Phi) is 2.93. The van der Waals surface area contributed by atoms with Gasteiger partial charge in [-0.25, -0.2) is 0 Å². The highest BCUT2D eigenvalue weighted by Gasteiger charge is 2.02. The highest BCUT2D eigenvalue weighted by Crippen LogP contribution is 2.20. The van der Waals surface area contributed by atoms with E-state index in [1.807, 2.05) is 19.2 Å². The minimum Gasteiger partial charge on any atom is -0.279 e. The minimum atomic E-state index is 0.568. The summed E-state index contributed by atoms with van der Waals surface area (Å²) in [6.45, 7) is 0. The van der Waals surface area contributed by atoms with Crippen molar-refractivity contribution < 1.29 is 0 Å². The Bertz CT molecular complexity index is 510. The van der Waals surface area contributed by atoms with Crippen LogP contribution >= 0.6 is 24.0 Å². The third-order valence-electron chi connectivity index (χ3n) is 2.13. The Morgan fingerprint density at radius 3 is 2.47 bits per heavy atom. The van der Waals surface area contributed by atoms with Gasteiger partial charge < -0.3 is 0 Å². The summed E-state index contributed by atoms with van der Waals surface area (Å²) in [7, 11) is 1.86. The van der Waals surface area contributed by atoms with Crippen molar-refractivity contribution >= 4 is 24.0 Å². The molecule has 5 heteroatoms. The zero-order chi connectivity index (χ0) is 10.8. The second kappa shape index (κ2) is 4.20. The van der Waals surface area contributed by atoms with Crippen molar-refractivity contribution in [3.8, 4) is 11.4 Å². The molecule has 0 radical (unpaired) electrons. The van der Waals surface area contributed by atoms with Gasteiger partial charge in [0.05, 0.1) is 0 Å². The highest BCUT2D eigenvalue weighted by molar-refractivity contribution is 7.98. The normalized spacial score (nSPS) is 10.5. The predicted octanol–water partition coefficient (Wildman–Crippen LogP) is 2.87. The lowest BCUT2D eigenvalue weighted by atomic mass is 10.2. The fourth-order valence-electron chi connectivity index (χ4n) is 1.28. The molecule has 0 saturated carbocycles. The van der Waals surface area contributed by atoms with Crippen LogP contribution in [0.25, 0.3) is 11.4 Å². The molecule has 1 aromatic heterocycles. The average Bonchev–Trinajstić information content (AvgIpc) is 2.59. The first-order valence-corrected chi connectivity index (χ1v) is 6.11. The van der Waals surface area contributed by atoms with Crippen LogP contribution in [0.1, 0.15) is 0 Å². The van der Waals surface area contributed by atoms with Gasteiger partial charge in [-0.3, -0.25) is 9.78 Å². The lowest BCUT2D eigenvalue weighted by molar-refractivity contribution is 0.756. The van der Waals surface area contributed by atoms with Gasteiger partial charge in [-0.05, 0) is 30.6 Å². The maximum atomic E-state index is 5.04. The van der Waals surface area contributed by atoms with Gasteiger partial charge in [0, 0.05) is 17.5 Å².